The van der Waals surface area contributed by atoms with Crippen molar-refractivity contribution < 1.29 is 12.5 Å². The highest BCUT2D eigenvalue weighted by atomic mass is 35.5. The molecule has 0 aliphatic rings. The lowest BCUT2D eigenvalue weighted by atomic mass is 10.3. The van der Waals surface area contributed by atoms with Crippen molar-refractivity contribution in [1.29, 1.82) is 0 Å². The number of sulfonamides is 1. The molecule has 1 aromatic heterocycles. The van der Waals surface area contributed by atoms with E-state index < -0.39 is 10.0 Å². The Morgan fingerprint density at radius 2 is 2.17 bits per heavy atom. The number of primary sulfonamides is 1. The minimum Gasteiger partial charge on any atom is -0.219 e. The van der Waals surface area contributed by atoms with E-state index in [1.807, 2.05) is 0 Å². The van der Waals surface area contributed by atoms with Crippen LogP contribution in [0.25, 0.3) is 0 Å². The quantitative estimate of drug-likeness (QED) is 0.701. The third-order valence-corrected chi connectivity index (χ3v) is 2.61. The first-order valence-electron chi connectivity index (χ1n) is 3.12. The zero-order chi connectivity index (χ0) is 9.35. The van der Waals surface area contributed by atoms with E-state index >= 15 is 0 Å². The van der Waals surface area contributed by atoms with E-state index in [0.717, 1.165) is 9.65 Å². The highest BCUT2D eigenvalue weighted by Crippen LogP contribution is 2.03. The second-order valence-electron chi connectivity index (χ2n) is 2.40. The molecule has 0 saturated carbocycles. The monoisotopic (exact) mass is 207 g/mol. The average molecular weight is 208 g/mol. The van der Waals surface area contributed by atoms with Gasteiger partial charge in [-0.15, -0.1) is 0 Å². The van der Waals surface area contributed by atoms with Gasteiger partial charge >= 0.3 is 5.03 Å². The Hall–Kier alpha value is -0.650. The number of nitrogens with zero attached hydrogens (tertiary/aromatic N) is 1. The van der Waals surface area contributed by atoms with Gasteiger partial charge in [0.1, 0.15) is 0 Å². The van der Waals surface area contributed by atoms with Gasteiger partial charge in [0.05, 0.1) is 0 Å². The van der Waals surface area contributed by atoms with Crippen molar-refractivity contribution in [3.63, 3.8) is 0 Å². The van der Waals surface area contributed by atoms with E-state index in [1.165, 1.54) is 12.3 Å². The van der Waals surface area contributed by atoms with Crippen molar-refractivity contribution in [3.8, 4) is 0 Å². The van der Waals surface area contributed by atoms with Gasteiger partial charge < -0.3 is 0 Å². The van der Waals surface area contributed by atoms with Crippen LogP contribution in [0.3, 0.4) is 0 Å². The molecule has 66 valence electrons. The molecule has 6 heteroatoms. The first-order chi connectivity index (χ1) is 5.41. The predicted molar refractivity (Wildman–Crippen MR) is 44.0 cm³/mol. The maximum atomic E-state index is 10.9. The first-order valence-corrected chi connectivity index (χ1v) is 5.01. The van der Waals surface area contributed by atoms with Crippen molar-refractivity contribution in [2.24, 2.45) is 5.14 Å². The lowest BCUT2D eigenvalue weighted by Gasteiger charge is -1.93. The molecular formula is C6H8ClN2O2S+. The maximum Gasteiger partial charge on any atom is 0.332 e. The van der Waals surface area contributed by atoms with Crippen LogP contribution >= 0.6 is 11.8 Å². The van der Waals surface area contributed by atoms with Gasteiger partial charge in [0, 0.05) is 12.1 Å². The van der Waals surface area contributed by atoms with Gasteiger partial charge in [0.15, 0.2) is 6.20 Å². The smallest absolute Gasteiger partial charge is 0.219 e. The second kappa shape index (κ2) is 3.01. The summed E-state index contributed by atoms with van der Waals surface area (Å²) in [6.45, 7) is 1.76. The van der Waals surface area contributed by atoms with Crippen molar-refractivity contribution >= 4 is 21.8 Å². The molecule has 4 nitrogen and oxygen atoms in total. The van der Waals surface area contributed by atoms with Crippen LogP contribution < -0.4 is 9.23 Å². The Morgan fingerprint density at radius 1 is 1.58 bits per heavy atom. The van der Waals surface area contributed by atoms with Crippen LogP contribution in [0.4, 0.5) is 0 Å². The number of hydrogen-bond acceptors (Lipinski definition) is 2. The fourth-order valence-electron chi connectivity index (χ4n) is 0.765. The minimum atomic E-state index is -3.72. The lowest BCUT2D eigenvalue weighted by Crippen LogP contribution is -2.32. The number of pyridine rings is 1. The average Bonchev–Trinajstić information content (AvgIpc) is 1.92. The van der Waals surface area contributed by atoms with Crippen molar-refractivity contribution in [2.75, 3.05) is 0 Å². The number of aryl methyl sites for hydroxylation is 1. The Labute approximate surface area is 75.7 Å². The van der Waals surface area contributed by atoms with Crippen LogP contribution in [0.15, 0.2) is 23.4 Å². The fourth-order valence-corrected chi connectivity index (χ4v) is 1.81. The predicted octanol–water partition coefficient (Wildman–Crippen LogP) is -0.0682. The Balaban J connectivity index is 3.43. The van der Waals surface area contributed by atoms with E-state index in [4.69, 9.17) is 16.9 Å². The summed E-state index contributed by atoms with van der Waals surface area (Å²) in [4.78, 5) is 0. The molecule has 12 heavy (non-hydrogen) atoms. The molecule has 1 aromatic rings. The van der Waals surface area contributed by atoms with Crippen molar-refractivity contribution in [3.05, 3.63) is 23.9 Å². The largest absolute Gasteiger partial charge is 0.332 e. The molecule has 0 radical (unpaired) electrons. The van der Waals surface area contributed by atoms with E-state index in [-0.39, 0.29) is 5.03 Å². The normalized spacial score (nSPS) is 11.6. The third-order valence-electron chi connectivity index (χ3n) is 1.32. The topological polar surface area (TPSA) is 64.0 Å². The number of hydrogen-bond donors (Lipinski definition) is 1. The summed E-state index contributed by atoms with van der Waals surface area (Å²) in [7, 11) is -3.72. The van der Waals surface area contributed by atoms with Crippen LogP contribution in [0.5, 0.6) is 0 Å². The molecule has 1 heterocycles. The van der Waals surface area contributed by atoms with Crippen LogP contribution in [0.2, 0.25) is 0 Å². The fraction of sp³-hybridized carbons (Fsp3) is 0.167. The molecule has 0 aromatic carbocycles. The molecular weight excluding hydrogens is 200 g/mol. The molecule has 0 spiro atoms. The van der Waals surface area contributed by atoms with Crippen LogP contribution in [0, 0.1) is 6.92 Å². The van der Waals surface area contributed by atoms with Crippen molar-refractivity contribution in [2.45, 2.75) is 11.9 Å². The molecule has 0 amide bonds. The van der Waals surface area contributed by atoms with Gasteiger partial charge in [-0.2, -0.15) is 0 Å². The Morgan fingerprint density at radius 3 is 2.58 bits per heavy atom. The minimum absolute atomic E-state index is 0.107. The molecule has 1 rings (SSSR count). The van der Waals surface area contributed by atoms with E-state index in [2.05, 4.69) is 0 Å². The zero-order valence-corrected chi connectivity index (χ0v) is 7.93. The molecule has 0 unspecified atom stereocenters. The maximum absolute atomic E-state index is 10.9. The number of rotatable bonds is 1. The van der Waals surface area contributed by atoms with E-state index in [1.54, 1.807) is 13.0 Å². The highest BCUT2D eigenvalue weighted by Gasteiger charge is 2.21. The summed E-state index contributed by atoms with van der Waals surface area (Å²) in [5, 5.41) is 4.79. The molecule has 0 bridgehead atoms. The Kier molecular flexibility index (Phi) is 2.36. The number of halogens is 1. The van der Waals surface area contributed by atoms with E-state index in [0.29, 0.717) is 0 Å². The third kappa shape index (κ3) is 1.94. The van der Waals surface area contributed by atoms with Crippen LogP contribution in [0.1, 0.15) is 5.56 Å². The molecule has 0 fully saturated rings. The van der Waals surface area contributed by atoms with Crippen molar-refractivity contribution in [1.82, 2.24) is 0 Å². The summed E-state index contributed by atoms with van der Waals surface area (Å²) in [5.41, 5.74) is 0.788. The molecule has 2 N–H and O–H groups in total. The second-order valence-corrected chi connectivity index (χ2v) is 4.27. The van der Waals surface area contributed by atoms with E-state index in [9.17, 15) is 8.42 Å². The van der Waals surface area contributed by atoms with Gasteiger partial charge in [0.25, 0.3) is 21.8 Å². The molecule has 0 saturated heterocycles. The summed E-state index contributed by atoms with van der Waals surface area (Å²) in [6, 6.07) is 3.09. The van der Waals surface area contributed by atoms with Crippen LogP contribution in [-0.2, 0) is 10.0 Å². The van der Waals surface area contributed by atoms with Gasteiger partial charge in [-0.1, -0.05) is 4.09 Å². The zero-order valence-electron chi connectivity index (χ0n) is 6.36. The standard InChI is InChI=1S/C6H8ClN2O2S/c1-5-2-3-9(7)6(4-5)12(8,10)11/h2-4H,1H3,(H2,8,10,11)/q+1. The first kappa shape index (κ1) is 9.44. The van der Waals surface area contributed by atoms with Gasteiger partial charge in [-0.05, 0) is 12.5 Å². The summed E-state index contributed by atoms with van der Waals surface area (Å²) >= 11 is 5.54. The highest BCUT2D eigenvalue weighted by molar-refractivity contribution is 7.89. The number of nitrogens with two attached hydrogens (primary N) is 1. The lowest BCUT2D eigenvalue weighted by molar-refractivity contribution is -0.564. The van der Waals surface area contributed by atoms with Gasteiger partial charge in [-0.3, -0.25) is 0 Å². The molecule has 0 atom stereocenters. The SMILES string of the molecule is Cc1cc[n+](Cl)c(S(N)(=O)=O)c1. The van der Waals surface area contributed by atoms with Crippen LogP contribution in [-0.4, -0.2) is 8.42 Å². The van der Waals surface area contributed by atoms with Gasteiger partial charge in [-0.25, -0.2) is 13.6 Å². The number of aromatic nitrogens is 1. The Bertz CT molecular complexity index is 402. The summed E-state index contributed by atoms with van der Waals surface area (Å²) in [6.07, 6.45) is 1.43. The summed E-state index contributed by atoms with van der Waals surface area (Å²) in [5.74, 6) is 0. The molecule has 0 aliphatic carbocycles. The summed E-state index contributed by atoms with van der Waals surface area (Å²) < 4.78 is 22.7. The van der Waals surface area contributed by atoms with Gasteiger partial charge in [0.2, 0.25) is 0 Å². The molecule has 0 aliphatic heterocycles.